The minimum Gasteiger partial charge on any atom is -0.384 e. The number of nitriles is 1. The van der Waals surface area contributed by atoms with Crippen molar-refractivity contribution >= 4 is 0 Å². The summed E-state index contributed by atoms with van der Waals surface area (Å²) in [4.78, 5) is 0. The van der Waals surface area contributed by atoms with Crippen molar-refractivity contribution in [3.63, 3.8) is 0 Å². The highest BCUT2D eigenvalue weighted by molar-refractivity contribution is 5.35. The Labute approximate surface area is 114 Å². The Morgan fingerprint density at radius 1 is 1.16 bits per heavy atom. The number of hydrazine groups is 1. The SMILES string of the molecule is CN1NC(N)=C(C#N)C1C1C2CC3CC(C2)CC1C3. The van der Waals surface area contributed by atoms with Crippen molar-refractivity contribution in [1.82, 2.24) is 10.4 Å². The van der Waals surface area contributed by atoms with Gasteiger partial charge in [0.05, 0.1) is 11.6 Å². The molecule has 0 aromatic carbocycles. The number of nitrogens with zero attached hydrogens (tertiary/aromatic N) is 2. The van der Waals surface area contributed by atoms with Crippen molar-refractivity contribution in [2.45, 2.75) is 38.1 Å². The second kappa shape index (κ2) is 3.89. The summed E-state index contributed by atoms with van der Waals surface area (Å²) >= 11 is 0. The molecule has 4 nitrogen and oxygen atoms in total. The van der Waals surface area contributed by atoms with Gasteiger partial charge in [0.1, 0.15) is 11.9 Å². The maximum absolute atomic E-state index is 9.42. The van der Waals surface area contributed by atoms with Crippen molar-refractivity contribution in [3.05, 3.63) is 11.4 Å². The third kappa shape index (κ3) is 1.54. The van der Waals surface area contributed by atoms with Crippen LogP contribution >= 0.6 is 0 Å². The first kappa shape index (κ1) is 11.6. The number of nitrogens with one attached hydrogen (secondary N) is 1. The molecule has 1 unspecified atom stereocenters. The zero-order chi connectivity index (χ0) is 13.1. The summed E-state index contributed by atoms with van der Waals surface area (Å²) in [5.41, 5.74) is 9.89. The molecular weight excluding hydrogens is 236 g/mol. The Balaban J connectivity index is 1.68. The van der Waals surface area contributed by atoms with Crippen LogP contribution in [0, 0.1) is 40.9 Å². The molecule has 4 heteroatoms. The van der Waals surface area contributed by atoms with Crippen LogP contribution in [0.3, 0.4) is 0 Å². The van der Waals surface area contributed by atoms with Crippen LogP contribution in [0.4, 0.5) is 0 Å². The van der Waals surface area contributed by atoms with E-state index < -0.39 is 0 Å². The smallest absolute Gasteiger partial charge is 0.126 e. The predicted molar refractivity (Wildman–Crippen MR) is 72.0 cm³/mol. The van der Waals surface area contributed by atoms with Crippen molar-refractivity contribution in [2.24, 2.45) is 35.3 Å². The highest BCUT2D eigenvalue weighted by Crippen LogP contribution is 2.58. The minimum absolute atomic E-state index is 0.208. The molecule has 1 heterocycles. The van der Waals surface area contributed by atoms with Crippen molar-refractivity contribution in [2.75, 3.05) is 7.05 Å². The summed E-state index contributed by atoms with van der Waals surface area (Å²) in [6.07, 6.45) is 7.03. The van der Waals surface area contributed by atoms with E-state index in [0.717, 1.165) is 29.2 Å². The molecule has 4 fully saturated rings. The average Bonchev–Trinajstić information content (AvgIpc) is 2.63. The molecule has 1 aliphatic heterocycles. The third-order valence-electron chi connectivity index (χ3n) is 6.08. The number of hydrogen-bond donors (Lipinski definition) is 2. The second-order valence-corrected chi connectivity index (χ2v) is 7.11. The van der Waals surface area contributed by atoms with Gasteiger partial charge in [0.25, 0.3) is 0 Å². The lowest BCUT2D eigenvalue weighted by atomic mass is 9.50. The lowest BCUT2D eigenvalue weighted by Gasteiger charge is -2.56. The molecule has 1 atom stereocenters. The summed E-state index contributed by atoms with van der Waals surface area (Å²) in [5.74, 6) is 4.81. The molecule has 4 aliphatic carbocycles. The maximum atomic E-state index is 9.42. The van der Waals surface area contributed by atoms with Crippen LogP contribution in [0.15, 0.2) is 11.4 Å². The topological polar surface area (TPSA) is 65.1 Å². The first-order chi connectivity index (χ1) is 9.17. The van der Waals surface area contributed by atoms with E-state index in [1.54, 1.807) is 0 Å². The van der Waals surface area contributed by atoms with Crippen molar-refractivity contribution < 1.29 is 0 Å². The van der Waals surface area contributed by atoms with E-state index in [1.807, 2.05) is 7.05 Å². The van der Waals surface area contributed by atoms with E-state index in [2.05, 4.69) is 16.5 Å². The van der Waals surface area contributed by atoms with E-state index in [4.69, 9.17) is 5.73 Å². The lowest BCUT2D eigenvalue weighted by molar-refractivity contribution is -0.0635. The van der Waals surface area contributed by atoms with Gasteiger partial charge in [-0.25, -0.2) is 5.01 Å². The molecule has 4 saturated carbocycles. The fraction of sp³-hybridized carbons (Fsp3) is 0.800. The van der Waals surface area contributed by atoms with Crippen LogP contribution in [0.1, 0.15) is 32.1 Å². The molecule has 4 bridgehead atoms. The van der Waals surface area contributed by atoms with Gasteiger partial charge in [-0.15, -0.1) is 0 Å². The van der Waals surface area contributed by atoms with Gasteiger partial charge in [0.2, 0.25) is 0 Å². The van der Waals surface area contributed by atoms with E-state index in [-0.39, 0.29) is 6.04 Å². The molecule has 3 N–H and O–H groups in total. The first-order valence-corrected chi connectivity index (χ1v) is 7.56. The van der Waals surface area contributed by atoms with Crippen LogP contribution in [0.25, 0.3) is 0 Å². The van der Waals surface area contributed by atoms with E-state index in [0.29, 0.717) is 11.7 Å². The Morgan fingerprint density at radius 2 is 1.74 bits per heavy atom. The Bertz CT molecular complexity index is 447. The van der Waals surface area contributed by atoms with E-state index in [1.165, 1.54) is 32.1 Å². The zero-order valence-electron chi connectivity index (χ0n) is 11.5. The Morgan fingerprint density at radius 3 is 2.26 bits per heavy atom. The molecule has 0 spiro atoms. The number of rotatable bonds is 1. The van der Waals surface area contributed by atoms with Crippen molar-refractivity contribution in [3.8, 4) is 6.07 Å². The van der Waals surface area contributed by atoms with Gasteiger partial charge in [-0.3, -0.25) is 0 Å². The number of likely N-dealkylation sites (N-methyl/N-ethyl adjacent to an activating group) is 1. The number of nitrogens with two attached hydrogens (primary N) is 1. The molecule has 19 heavy (non-hydrogen) atoms. The summed E-state index contributed by atoms with van der Waals surface area (Å²) in [5, 5.41) is 11.5. The molecule has 0 radical (unpaired) electrons. The van der Waals surface area contributed by atoms with Crippen molar-refractivity contribution in [1.29, 1.82) is 5.26 Å². The zero-order valence-corrected chi connectivity index (χ0v) is 11.5. The maximum Gasteiger partial charge on any atom is 0.126 e. The van der Waals surface area contributed by atoms with Gasteiger partial charge in [-0.05, 0) is 61.7 Å². The quantitative estimate of drug-likeness (QED) is 0.749. The molecule has 0 amide bonds. The van der Waals surface area contributed by atoms with Gasteiger partial charge in [0, 0.05) is 7.05 Å². The van der Waals surface area contributed by atoms with Crippen LogP contribution in [-0.2, 0) is 0 Å². The van der Waals surface area contributed by atoms with Gasteiger partial charge < -0.3 is 11.2 Å². The first-order valence-electron chi connectivity index (χ1n) is 7.56. The van der Waals surface area contributed by atoms with Gasteiger partial charge in [-0.1, -0.05) is 0 Å². The lowest BCUT2D eigenvalue weighted by Crippen LogP contribution is -2.53. The monoisotopic (exact) mass is 258 g/mol. The Hall–Kier alpha value is -1.21. The largest absolute Gasteiger partial charge is 0.384 e. The summed E-state index contributed by atoms with van der Waals surface area (Å²) < 4.78 is 0. The van der Waals surface area contributed by atoms with Crippen LogP contribution in [-0.4, -0.2) is 18.1 Å². The fourth-order valence-corrected chi connectivity index (χ4v) is 5.73. The van der Waals surface area contributed by atoms with E-state index >= 15 is 0 Å². The normalized spacial score (nSPS) is 48.4. The molecule has 0 saturated heterocycles. The molecule has 5 aliphatic rings. The summed E-state index contributed by atoms with van der Waals surface area (Å²) in [6, 6.07) is 2.56. The number of hydrogen-bond acceptors (Lipinski definition) is 4. The standard InChI is InChI=1S/C15H22N4/c1-19-14(12(7-16)15(17)18-19)13-10-3-8-2-9(5-10)6-11(13)4-8/h8-11,13-14,18H,2-6,17H2,1H3. The molecule has 0 aromatic rings. The van der Waals surface area contributed by atoms with Crippen LogP contribution in [0.5, 0.6) is 0 Å². The predicted octanol–water partition coefficient (Wildman–Crippen LogP) is 1.57. The van der Waals surface area contributed by atoms with Gasteiger partial charge >= 0.3 is 0 Å². The van der Waals surface area contributed by atoms with Crippen LogP contribution < -0.4 is 11.2 Å². The molecule has 102 valence electrons. The van der Waals surface area contributed by atoms with Crippen LogP contribution in [0.2, 0.25) is 0 Å². The summed E-state index contributed by atoms with van der Waals surface area (Å²) in [7, 11) is 2.03. The van der Waals surface area contributed by atoms with Gasteiger partial charge in [-0.2, -0.15) is 5.26 Å². The van der Waals surface area contributed by atoms with E-state index in [9.17, 15) is 5.26 Å². The third-order valence-corrected chi connectivity index (χ3v) is 6.08. The average molecular weight is 258 g/mol. The highest BCUT2D eigenvalue weighted by atomic mass is 15.5. The minimum atomic E-state index is 0.208. The molecule has 0 aromatic heterocycles. The highest BCUT2D eigenvalue weighted by Gasteiger charge is 2.53. The fourth-order valence-electron chi connectivity index (χ4n) is 5.73. The second-order valence-electron chi connectivity index (χ2n) is 7.11. The molecule has 5 rings (SSSR count). The summed E-state index contributed by atoms with van der Waals surface area (Å²) in [6.45, 7) is 0. The molecular formula is C15H22N4. The Kier molecular flexibility index (Phi) is 2.38. The van der Waals surface area contributed by atoms with Gasteiger partial charge in [0.15, 0.2) is 0 Å².